The van der Waals surface area contributed by atoms with Gasteiger partial charge in [-0.1, -0.05) is 11.6 Å². The molecule has 0 aliphatic carbocycles. The maximum Gasteiger partial charge on any atom is 0.0931 e. The zero-order valence-corrected chi connectivity index (χ0v) is 11.3. The fourth-order valence-corrected chi connectivity index (χ4v) is 3.10. The third-order valence-corrected chi connectivity index (χ3v) is 4.27. The Bertz CT molecular complexity index is 321. The SMILES string of the molecule is CC(NCCN1CCCC1)c1csc(Cl)c1. The first-order valence-corrected chi connectivity index (χ1v) is 7.21. The van der Waals surface area contributed by atoms with Crippen LogP contribution in [0.1, 0.15) is 31.4 Å². The van der Waals surface area contributed by atoms with Crippen LogP contribution in [0.2, 0.25) is 4.34 Å². The summed E-state index contributed by atoms with van der Waals surface area (Å²) in [7, 11) is 0. The van der Waals surface area contributed by atoms with Gasteiger partial charge in [-0.3, -0.25) is 0 Å². The molecular weight excluding hydrogens is 240 g/mol. The summed E-state index contributed by atoms with van der Waals surface area (Å²) in [6.07, 6.45) is 2.74. The smallest absolute Gasteiger partial charge is 0.0931 e. The molecule has 16 heavy (non-hydrogen) atoms. The van der Waals surface area contributed by atoms with Crippen molar-refractivity contribution >= 4 is 22.9 Å². The Kier molecular flexibility index (Phi) is 4.65. The summed E-state index contributed by atoms with van der Waals surface area (Å²) in [5.41, 5.74) is 1.30. The van der Waals surface area contributed by atoms with Crippen molar-refractivity contribution in [2.75, 3.05) is 26.2 Å². The molecule has 2 rings (SSSR count). The molecule has 1 aromatic heterocycles. The van der Waals surface area contributed by atoms with E-state index in [-0.39, 0.29) is 0 Å². The van der Waals surface area contributed by atoms with Gasteiger partial charge in [0.15, 0.2) is 0 Å². The summed E-state index contributed by atoms with van der Waals surface area (Å²) < 4.78 is 0.878. The molecule has 0 radical (unpaired) electrons. The third kappa shape index (κ3) is 3.45. The van der Waals surface area contributed by atoms with E-state index in [4.69, 9.17) is 11.6 Å². The molecule has 90 valence electrons. The summed E-state index contributed by atoms with van der Waals surface area (Å²) >= 11 is 7.53. The maximum atomic E-state index is 5.92. The van der Waals surface area contributed by atoms with Crippen LogP contribution in [-0.4, -0.2) is 31.1 Å². The van der Waals surface area contributed by atoms with E-state index in [1.807, 2.05) is 0 Å². The Morgan fingerprint density at radius 3 is 2.88 bits per heavy atom. The predicted molar refractivity (Wildman–Crippen MR) is 71.4 cm³/mol. The lowest BCUT2D eigenvalue weighted by molar-refractivity contribution is 0.330. The average Bonchev–Trinajstić information content (AvgIpc) is 2.89. The molecule has 2 heterocycles. The van der Waals surface area contributed by atoms with Crippen LogP contribution in [0.3, 0.4) is 0 Å². The van der Waals surface area contributed by atoms with E-state index in [0.717, 1.165) is 10.9 Å². The van der Waals surface area contributed by atoms with Crippen molar-refractivity contribution in [1.29, 1.82) is 0 Å². The van der Waals surface area contributed by atoms with Crippen LogP contribution in [0, 0.1) is 0 Å². The number of nitrogens with one attached hydrogen (secondary N) is 1. The molecule has 1 aliphatic rings. The van der Waals surface area contributed by atoms with Gasteiger partial charge in [-0.25, -0.2) is 0 Å². The largest absolute Gasteiger partial charge is 0.309 e. The van der Waals surface area contributed by atoms with Gasteiger partial charge in [-0.15, -0.1) is 11.3 Å². The molecule has 1 fully saturated rings. The van der Waals surface area contributed by atoms with E-state index >= 15 is 0 Å². The average molecular weight is 259 g/mol. The molecular formula is C12H19ClN2S. The first-order valence-electron chi connectivity index (χ1n) is 5.95. The Labute approximate surface area is 107 Å². The van der Waals surface area contributed by atoms with Crippen molar-refractivity contribution in [2.24, 2.45) is 0 Å². The topological polar surface area (TPSA) is 15.3 Å². The number of likely N-dealkylation sites (tertiary alicyclic amines) is 1. The molecule has 0 amide bonds. The second-order valence-corrected chi connectivity index (χ2v) is 5.95. The van der Waals surface area contributed by atoms with Gasteiger partial charge in [-0.05, 0) is 49.9 Å². The number of nitrogens with zero attached hydrogens (tertiary/aromatic N) is 1. The Balaban J connectivity index is 1.69. The highest BCUT2D eigenvalue weighted by Gasteiger charge is 2.11. The fraction of sp³-hybridized carbons (Fsp3) is 0.667. The van der Waals surface area contributed by atoms with Gasteiger partial charge in [0.2, 0.25) is 0 Å². The lowest BCUT2D eigenvalue weighted by atomic mass is 10.2. The fourth-order valence-electron chi connectivity index (χ4n) is 2.11. The molecule has 1 unspecified atom stereocenters. The second-order valence-electron chi connectivity index (χ2n) is 4.41. The van der Waals surface area contributed by atoms with Gasteiger partial charge in [0.05, 0.1) is 4.34 Å². The van der Waals surface area contributed by atoms with E-state index < -0.39 is 0 Å². The molecule has 1 aliphatic heterocycles. The van der Waals surface area contributed by atoms with Gasteiger partial charge >= 0.3 is 0 Å². The highest BCUT2D eigenvalue weighted by Crippen LogP contribution is 2.24. The van der Waals surface area contributed by atoms with Crippen LogP contribution < -0.4 is 5.32 Å². The normalized spacial score (nSPS) is 19.1. The highest BCUT2D eigenvalue weighted by atomic mass is 35.5. The van der Waals surface area contributed by atoms with Crippen LogP contribution >= 0.6 is 22.9 Å². The number of halogens is 1. The standard InChI is InChI=1S/C12H19ClN2S/c1-10(11-8-12(13)16-9-11)14-4-7-15-5-2-3-6-15/h8-10,14H,2-7H2,1H3. The van der Waals surface area contributed by atoms with Gasteiger partial charge in [0, 0.05) is 19.1 Å². The second kappa shape index (κ2) is 6.01. The summed E-state index contributed by atoms with van der Waals surface area (Å²) in [5.74, 6) is 0. The van der Waals surface area contributed by atoms with Crippen molar-refractivity contribution in [3.63, 3.8) is 0 Å². The number of thiophene rings is 1. The molecule has 1 N–H and O–H groups in total. The van der Waals surface area contributed by atoms with Crippen molar-refractivity contribution in [3.8, 4) is 0 Å². The molecule has 0 spiro atoms. The zero-order valence-electron chi connectivity index (χ0n) is 9.71. The molecule has 0 saturated carbocycles. The third-order valence-electron chi connectivity index (χ3n) is 3.16. The van der Waals surface area contributed by atoms with Gasteiger partial charge in [0.1, 0.15) is 0 Å². The summed E-state index contributed by atoms with van der Waals surface area (Å²) in [5, 5.41) is 5.68. The van der Waals surface area contributed by atoms with Crippen LogP contribution in [0.15, 0.2) is 11.4 Å². The minimum atomic E-state index is 0.409. The first-order chi connectivity index (χ1) is 7.75. The Hall–Kier alpha value is -0.0900. The van der Waals surface area contributed by atoms with Gasteiger partial charge < -0.3 is 10.2 Å². The summed E-state index contributed by atoms with van der Waals surface area (Å²) in [4.78, 5) is 2.53. The first kappa shape index (κ1) is 12.4. The van der Waals surface area contributed by atoms with Crippen LogP contribution in [0.25, 0.3) is 0 Å². The lowest BCUT2D eigenvalue weighted by Crippen LogP contribution is -2.31. The zero-order chi connectivity index (χ0) is 11.4. The van der Waals surface area contributed by atoms with E-state index in [2.05, 4.69) is 28.6 Å². The molecule has 1 saturated heterocycles. The molecule has 0 bridgehead atoms. The molecule has 4 heteroatoms. The van der Waals surface area contributed by atoms with Gasteiger partial charge in [0.25, 0.3) is 0 Å². The van der Waals surface area contributed by atoms with Crippen LogP contribution in [0.4, 0.5) is 0 Å². The minimum absolute atomic E-state index is 0.409. The quantitative estimate of drug-likeness (QED) is 0.873. The van der Waals surface area contributed by atoms with E-state index in [0.29, 0.717) is 6.04 Å². The van der Waals surface area contributed by atoms with E-state index in [9.17, 15) is 0 Å². The Morgan fingerprint density at radius 1 is 1.50 bits per heavy atom. The van der Waals surface area contributed by atoms with Crippen molar-refractivity contribution in [3.05, 3.63) is 21.3 Å². The van der Waals surface area contributed by atoms with Crippen molar-refractivity contribution in [2.45, 2.75) is 25.8 Å². The monoisotopic (exact) mass is 258 g/mol. The number of hydrogen-bond acceptors (Lipinski definition) is 3. The summed E-state index contributed by atoms with van der Waals surface area (Å²) in [6, 6.07) is 2.46. The van der Waals surface area contributed by atoms with Crippen molar-refractivity contribution < 1.29 is 0 Å². The predicted octanol–water partition coefficient (Wildman–Crippen LogP) is 3.15. The molecule has 1 atom stereocenters. The molecule has 0 aromatic carbocycles. The lowest BCUT2D eigenvalue weighted by Gasteiger charge is -2.17. The number of hydrogen-bond donors (Lipinski definition) is 1. The Morgan fingerprint density at radius 2 is 2.25 bits per heavy atom. The molecule has 1 aromatic rings. The summed E-state index contributed by atoms with van der Waals surface area (Å²) in [6.45, 7) is 6.99. The van der Waals surface area contributed by atoms with E-state index in [1.54, 1.807) is 11.3 Å². The maximum absolute atomic E-state index is 5.92. The van der Waals surface area contributed by atoms with E-state index in [1.165, 1.54) is 38.0 Å². The molecule has 2 nitrogen and oxygen atoms in total. The van der Waals surface area contributed by atoms with Crippen molar-refractivity contribution in [1.82, 2.24) is 10.2 Å². The van der Waals surface area contributed by atoms with Crippen LogP contribution in [0.5, 0.6) is 0 Å². The minimum Gasteiger partial charge on any atom is -0.309 e. The highest BCUT2D eigenvalue weighted by molar-refractivity contribution is 7.14. The van der Waals surface area contributed by atoms with Gasteiger partial charge in [-0.2, -0.15) is 0 Å². The number of rotatable bonds is 5. The van der Waals surface area contributed by atoms with Crippen LogP contribution in [-0.2, 0) is 0 Å².